The zero-order valence-corrected chi connectivity index (χ0v) is 15.6. The van der Waals surface area contributed by atoms with Crippen LogP contribution in [0.3, 0.4) is 0 Å². The van der Waals surface area contributed by atoms with Crippen LogP contribution < -0.4 is 15.2 Å². The Balaban J connectivity index is 2.38. The second-order valence-electron chi connectivity index (χ2n) is 5.74. The molecule has 2 aromatic carbocycles. The van der Waals surface area contributed by atoms with Gasteiger partial charge in [0.25, 0.3) is 17.3 Å². The maximum Gasteiger partial charge on any atom is 0.351 e. The minimum Gasteiger partial charge on any atom is -0.476 e. The molecule has 0 spiro atoms. The van der Waals surface area contributed by atoms with Gasteiger partial charge in [0.1, 0.15) is 11.5 Å². The van der Waals surface area contributed by atoms with Crippen molar-refractivity contribution in [1.82, 2.24) is 0 Å². The summed E-state index contributed by atoms with van der Waals surface area (Å²) in [6.07, 6.45) is -3.48. The Hall–Kier alpha value is -4.22. The molecule has 0 aromatic heterocycles. The van der Waals surface area contributed by atoms with Gasteiger partial charge in [-0.15, -0.1) is 0 Å². The number of carbonyl (C=O) groups excluding carboxylic acids is 2. The molecule has 2 unspecified atom stereocenters. The molecule has 0 aliphatic heterocycles. The minimum atomic E-state index is -1.75. The molecular formula is C18H17N3O9. The molecule has 12 heteroatoms. The van der Waals surface area contributed by atoms with Crippen LogP contribution in [0, 0.1) is 20.2 Å². The highest BCUT2D eigenvalue weighted by atomic mass is 16.6. The van der Waals surface area contributed by atoms with Crippen LogP contribution >= 0.6 is 0 Å². The van der Waals surface area contributed by atoms with Gasteiger partial charge in [0.15, 0.2) is 0 Å². The van der Waals surface area contributed by atoms with Crippen molar-refractivity contribution in [3.8, 4) is 11.5 Å². The van der Waals surface area contributed by atoms with Gasteiger partial charge in [0.05, 0.1) is 28.6 Å². The average Bonchev–Trinajstić information content (AvgIpc) is 2.71. The first-order valence-electron chi connectivity index (χ1n) is 8.51. The summed E-state index contributed by atoms with van der Waals surface area (Å²) in [5.74, 6) is -2.37. The van der Waals surface area contributed by atoms with Gasteiger partial charge in [0, 0.05) is 12.1 Å². The number of nitrogens with two attached hydrogens (primary N) is 1. The number of amides is 1. The number of nitro groups is 2. The number of esters is 1. The van der Waals surface area contributed by atoms with Crippen molar-refractivity contribution in [3.63, 3.8) is 0 Å². The third-order valence-electron chi connectivity index (χ3n) is 3.66. The summed E-state index contributed by atoms with van der Waals surface area (Å²) >= 11 is 0. The Morgan fingerprint density at radius 2 is 1.40 bits per heavy atom. The lowest BCUT2D eigenvalue weighted by Gasteiger charge is -2.24. The summed E-state index contributed by atoms with van der Waals surface area (Å²) in [6.45, 7) is 1.46. The monoisotopic (exact) mass is 419 g/mol. The van der Waals surface area contributed by atoms with Gasteiger partial charge in [-0.3, -0.25) is 25.0 Å². The smallest absolute Gasteiger partial charge is 0.351 e. The first-order valence-corrected chi connectivity index (χ1v) is 8.51. The van der Waals surface area contributed by atoms with Gasteiger partial charge in [-0.2, -0.15) is 0 Å². The van der Waals surface area contributed by atoms with Gasteiger partial charge in [-0.1, -0.05) is 12.1 Å². The summed E-state index contributed by atoms with van der Waals surface area (Å²) in [4.78, 5) is 44.9. The van der Waals surface area contributed by atoms with Crippen molar-refractivity contribution < 1.29 is 33.6 Å². The molecule has 0 aliphatic rings. The molecule has 0 saturated carbocycles. The SMILES string of the molecule is CCOC(=O)C(Oc1cccc([N+](=O)[O-])c1)C(Oc1cccc([N+](=O)[O-])c1)C(N)=O. The van der Waals surface area contributed by atoms with Crippen molar-refractivity contribution in [2.24, 2.45) is 5.73 Å². The van der Waals surface area contributed by atoms with Gasteiger partial charge < -0.3 is 19.9 Å². The lowest BCUT2D eigenvalue weighted by Crippen LogP contribution is -2.51. The number of ether oxygens (including phenoxy) is 3. The number of benzene rings is 2. The van der Waals surface area contributed by atoms with Gasteiger partial charge >= 0.3 is 5.97 Å². The molecule has 158 valence electrons. The van der Waals surface area contributed by atoms with E-state index in [-0.39, 0.29) is 29.5 Å². The largest absolute Gasteiger partial charge is 0.476 e. The predicted octanol–water partition coefficient (Wildman–Crippen LogP) is 1.75. The van der Waals surface area contributed by atoms with Crippen molar-refractivity contribution in [2.45, 2.75) is 19.1 Å². The normalized spacial score (nSPS) is 12.3. The van der Waals surface area contributed by atoms with Crippen molar-refractivity contribution in [2.75, 3.05) is 6.61 Å². The molecule has 2 atom stereocenters. The van der Waals surface area contributed by atoms with E-state index in [0.29, 0.717) is 0 Å². The molecule has 2 aromatic rings. The van der Waals surface area contributed by atoms with E-state index < -0.39 is 33.9 Å². The molecule has 0 aliphatic carbocycles. The molecule has 2 N–H and O–H groups in total. The fourth-order valence-electron chi connectivity index (χ4n) is 2.36. The average molecular weight is 419 g/mol. The topological polar surface area (TPSA) is 174 Å². The zero-order valence-electron chi connectivity index (χ0n) is 15.6. The fourth-order valence-corrected chi connectivity index (χ4v) is 2.36. The molecule has 0 saturated heterocycles. The second-order valence-corrected chi connectivity index (χ2v) is 5.74. The predicted molar refractivity (Wildman–Crippen MR) is 101 cm³/mol. The van der Waals surface area contributed by atoms with E-state index in [1.165, 1.54) is 43.3 Å². The van der Waals surface area contributed by atoms with Crippen LogP contribution in [-0.2, 0) is 14.3 Å². The third-order valence-corrected chi connectivity index (χ3v) is 3.66. The summed E-state index contributed by atoms with van der Waals surface area (Å²) in [5, 5.41) is 21.9. The van der Waals surface area contributed by atoms with Crippen LogP contribution in [0.2, 0.25) is 0 Å². The maximum atomic E-state index is 12.4. The standard InChI is InChI=1S/C18H17N3O9/c1-2-28-18(23)16(30-14-8-4-6-12(10-14)21(26)27)15(17(19)22)29-13-7-3-5-11(9-13)20(24)25/h3-10,15-16H,2H2,1H3,(H2,19,22). The number of primary amides is 1. The van der Waals surface area contributed by atoms with Gasteiger partial charge in [-0.05, 0) is 19.1 Å². The van der Waals surface area contributed by atoms with Crippen molar-refractivity contribution in [1.29, 1.82) is 0 Å². The summed E-state index contributed by atoms with van der Waals surface area (Å²) in [6, 6.07) is 9.75. The Morgan fingerprint density at radius 1 is 0.933 bits per heavy atom. The number of nitro benzene ring substituents is 2. The van der Waals surface area contributed by atoms with Crippen molar-refractivity contribution in [3.05, 3.63) is 68.8 Å². The first-order chi connectivity index (χ1) is 14.2. The highest BCUT2D eigenvalue weighted by molar-refractivity contribution is 5.88. The molecule has 30 heavy (non-hydrogen) atoms. The van der Waals surface area contributed by atoms with E-state index >= 15 is 0 Å². The minimum absolute atomic E-state index is 0.0596. The van der Waals surface area contributed by atoms with E-state index in [2.05, 4.69) is 0 Å². The molecule has 0 radical (unpaired) electrons. The molecule has 2 rings (SSSR count). The van der Waals surface area contributed by atoms with Gasteiger partial charge in [-0.25, -0.2) is 4.79 Å². The molecule has 12 nitrogen and oxygen atoms in total. The lowest BCUT2D eigenvalue weighted by molar-refractivity contribution is -0.385. The Kier molecular flexibility index (Phi) is 7.22. The number of carbonyl (C=O) groups is 2. The number of nitrogens with zero attached hydrogens (tertiary/aromatic N) is 2. The maximum absolute atomic E-state index is 12.4. The van der Waals surface area contributed by atoms with E-state index in [1.54, 1.807) is 0 Å². The van der Waals surface area contributed by atoms with Crippen LogP contribution in [-0.4, -0.2) is 40.5 Å². The molecule has 0 fully saturated rings. The second kappa shape index (κ2) is 9.82. The Bertz CT molecular complexity index is 963. The summed E-state index contributed by atoms with van der Waals surface area (Å²) in [7, 11) is 0. The first kappa shape index (κ1) is 22.1. The van der Waals surface area contributed by atoms with E-state index in [0.717, 1.165) is 12.1 Å². The van der Waals surface area contributed by atoms with Gasteiger partial charge in [0.2, 0.25) is 12.2 Å². The van der Waals surface area contributed by atoms with Crippen LogP contribution in [0.15, 0.2) is 48.5 Å². The Morgan fingerprint density at radius 3 is 1.80 bits per heavy atom. The zero-order chi connectivity index (χ0) is 22.3. The number of non-ortho nitro benzene ring substituents is 2. The van der Waals surface area contributed by atoms with Crippen LogP contribution in [0.25, 0.3) is 0 Å². The molecule has 1 amide bonds. The quantitative estimate of drug-likeness (QED) is 0.341. The van der Waals surface area contributed by atoms with Crippen LogP contribution in [0.5, 0.6) is 11.5 Å². The van der Waals surface area contributed by atoms with Crippen molar-refractivity contribution >= 4 is 23.3 Å². The van der Waals surface area contributed by atoms with E-state index in [9.17, 15) is 29.8 Å². The third kappa shape index (κ3) is 5.64. The summed E-state index contributed by atoms with van der Waals surface area (Å²) in [5.41, 5.74) is 4.72. The highest BCUT2D eigenvalue weighted by Crippen LogP contribution is 2.24. The molecular weight excluding hydrogens is 402 g/mol. The number of hydrogen-bond acceptors (Lipinski definition) is 9. The Labute approximate surface area is 169 Å². The fraction of sp³-hybridized carbons (Fsp3) is 0.222. The molecule has 0 bridgehead atoms. The molecule has 0 heterocycles. The van der Waals surface area contributed by atoms with Crippen LogP contribution in [0.4, 0.5) is 11.4 Å². The number of hydrogen-bond donors (Lipinski definition) is 1. The number of rotatable bonds is 10. The lowest BCUT2D eigenvalue weighted by atomic mass is 10.1. The van der Waals surface area contributed by atoms with Crippen LogP contribution in [0.1, 0.15) is 6.92 Å². The van der Waals surface area contributed by atoms with E-state index in [4.69, 9.17) is 19.9 Å². The van der Waals surface area contributed by atoms with E-state index in [1.807, 2.05) is 0 Å². The highest BCUT2D eigenvalue weighted by Gasteiger charge is 2.38. The summed E-state index contributed by atoms with van der Waals surface area (Å²) < 4.78 is 15.8.